The normalized spacial score (nSPS) is 9.75. The highest BCUT2D eigenvalue weighted by Gasteiger charge is 2.05. The number of hydrogen-bond donors (Lipinski definition) is 2. The molecule has 0 fully saturated rings. The average molecular weight is 188 g/mol. The predicted molar refractivity (Wildman–Crippen MR) is 43.6 cm³/mol. The Balaban J connectivity index is 3.23. The molecule has 4 nitrogen and oxygen atoms in total. The molecule has 0 aliphatic rings. The second-order valence-electron chi connectivity index (χ2n) is 2.18. The van der Waals surface area contributed by atoms with E-state index in [1.807, 2.05) is 0 Å². The Bertz CT molecular complexity index is 358. The standard InChI is InChI=1S/C7H6ClNO3/c8-2-4-1-5(7(11)12)3-9-6(4)10/h1,3H,2H2,(H,9,10)(H,11,12). The molecule has 0 saturated heterocycles. The van der Waals surface area contributed by atoms with E-state index in [4.69, 9.17) is 16.7 Å². The predicted octanol–water partition coefficient (Wildman–Crippen LogP) is 0.812. The number of nitrogens with one attached hydrogen (secondary N) is 1. The fourth-order valence-electron chi connectivity index (χ4n) is 0.754. The van der Waals surface area contributed by atoms with E-state index >= 15 is 0 Å². The van der Waals surface area contributed by atoms with Crippen molar-refractivity contribution in [3.63, 3.8) is 0 Å². The lowest BCUT2D eigenvalue weighted by Gasteiger charge is -1.95. The molecular weight excluding hydrogens is 182 g/mol. The summed E-state index contributed by atoms with van der Waals surface area (Å²) in [6.07, 6.45) is 1.14. The molecule has 1 rings (SSSR count). The molecule has 0 aliphatic heterocycles. The van der Waals surface area contributed by atoms with Gasteiger partial charge in [-0.25, -0.2) is 4.79 Å². The van der Waals surface area contributed by atoms with E-state index in [-0.39, 0.29) is 22.6 Å². The van der Waals surface area contributed by atoms with E-state index in [9.17, 15) is 9.59 Å². The van der Waals surface area contributed by atoms with Crippen LogP contribution in [-0.4, -0.2) is 16.1 Å². The Morgan fingerprint density at radius 2 is 2.33 bits per heavy atom. The molecule has 0 aliphatic carbocycles. The molecule has 2 N–H and O–H groups in total. The summed E-state index contributed by atoms with van der Waals surface area (Å²) < 4.78 is 0. The van der Waals surface area contributed by atoms with Gasteiger partial charge in [-0.15, -0.1) is 11.6 Å². The molecule has 5 heteroatoms. The van der Waals surface area contributed by atoms with Gasteiger partial charge in [0.15, 0.2) is 0 Å². The second kappa shape index (κ2) is 3.40. The Hall–Kier alpha value is -1.29. The minimum absolute atomic E-state index is 0.0104. The third-order valence-electron chi connectivity index (χ3n) is 1.37. The number of carboxylic acid groups (broad SMARTS) is 1. The van der Waals surface area contributed by atoms with Crippen molar-refractivity contribution >= 4 is 17.6 Å². The maximum atomic E-state index is 10.9. The zero-order valence-electron chi connectivity index (χ0n) is 6.00. The number of carboxylic acids is 1. The number of alkyl halides is 1. The number of H-pyrrole nitrogens is 1. The van der Waals surface area contributed by atoms with Gasteiger partial charge in [0.05, 0.1) is 11.4 Å². The highest BCUT2D eigenvalue weighted by Crippen LogP contribution is 2.00. The van der Waals surface area contributed by atoms with Crippen molar-refractivity contribution in [1.82, 2.24) is 4.98 Å². The average Bonchev–Trinajstić information content (AvgIpc) is 2.05. The van der Waals surface area contributed by atoms with Gasteiger partial charge in [0.2, 0.25) is 0 Å². The van der Waals surface area contributed by atoms with E-state index < -0.39 is 5.97 Å². The zero-order chi connectivity index (χ0) is 9.14. The molecule has 1 heterocycles. The molecule has 0 aromatic carbocycles. The van der Waals surface area contributed by atoms with E-state index in [2.05, 4.69) is 4.98 Å². The van der Waals surface area contributed by atoms with E-state index in [1.165, 1.54) is 6.07 Å². The summed E-state index contributed by atoms with van der Waals surface area (Å²) in [5.41, 5.74) is -0.0585. The van der Waals surface area contributed by atoms with Crippen LogP contribution in [0.4, 0.5) is 0 Å². The van der Waals surface area contributed by atoms with Crippen molar-refractivity contribution in [1.29, 1.82) is 0 Å². The monoisotopic (exact) mass is 187 g/mol. The van der Waals surface area contributed by atoms with Crippen LogP contribution in [0, 0.1) is 0 Å². The maximum Gasteiger partial charge on any atom is 0.337 e. The quantitative estimate of drug-likeness (QED) is 0.674. The van der Waals surface area contributed by atoms with Gasteiger partial charge in [-0.2, -0.15) is 0 Å². The first kappa shape index (κ1) is 8.80. The van der Waals surface area contributed by atoms with E-state index in [1.54, 1.807) is 0 Å². The van der Waals surface area contributed by atoms with Gasteiger partial charge in [-0.3, -0.25) is 4.79 Å². The number of hydrogen-bond acceptors (Lipinski definition) is 2. The van der Waals surface area contributed by atoms with Crippen molar-refractivity contribution in [2.24, 2.45) is 0 Å². The van der Waals surface area contributed by atoms with Crippen LogP contribution >= 0.6 is 11.6 Å². The van der Waals surface area contributed by atoms with Crippen molar-refractivity contribution < 1.29 is 9.90 Å². The largest absolute Gasteiger partial charge is 0.478 e. The molecule has 0 saturated carbocycles. The number of aromatic nitrogens is 1. The number of rotatable bonds is 2. The molecule has 64 valence electrons. The summed E-state index contributed by atoms with van der Waals surface area (Å²) in [4.78, 5) is 23.6. The molecule has 12 heavy (non-hydrogen) atoms. The number of halogens is 1. The highest BCUT2D eigenvalue weighted by atomic mass is 35.5. The van der Waals surface area contributed by atoms with Gasteiger partial charge in [0.1, 0.15) is 0 Å². The number of aromatic carboxylic acids is 1. The van der Waals surface area contributed by atoms with Crippen molar-refractivity contribution in [3.05, 3.63) is 33.7 Å². The van der Waals surface area contributed by atoms with E-state index in [0.717, 1.165) is 6.20 Å². The summed E-state index contributed by atoms with van der Waals surface area (Å²) in [7, 11) is 0. The lowest BCUT2D eigenvalue weighted by atomic mass is 10.2. The Morgan fingerprint density at radius 1 is 1.67 bits per heavy atom. The van der Waals surface area contributed by atoms with Crippen molar-refractivity contribution in [2.75, 3.05) is 0 Å². The molecule has 1 aromatic heterocycles. The number of pyridine rings is 1. The minimum Gasteiger partial charge on any atom is -0.478 e. The van der Waals surface area contributed by atoms with Crippen LogP contribution in [0.25, 0.3) is 0 Å². The molecule has 0 unspecified atom stereocenters. The summed E-state index contributed by atoms with van der Waals surface area (Å²) >= 11 is 5.40. The van der Waals surface area contributed by atoms with Gasteiger partial charge in [-0.05, 0) is 6.07 Å². The van der Waals surface area contributed by atoms with Gasteiger partial charge in [0.25, 0.3) is 5.56 Å². The third kappa shape index (κ3) is 1.65. The smallest absolute Gasteiger partial charge is 0.337 e. The van der Waals surface area contributed by atoms with Crippen LogP contribution in [0.3, 0.4) is 0 Å². The fraction of sp³-hybridized carbons (Fsp3) is 0.143. The van der Waals surface area contributed by atoms with E-state index in [0.29, 0.717) is 0 Å². The molecular formula is C7H6ClNO3. The minimum atomic E-state index is -1.09. The van der Waals surface area contributed by atoms with Crippen LogP contribution in [0.2, 0.25) is 0 Å². The number of aromatic amines is 1. The van der Waals surface area contributed by atoms with Gasteiger partial charge in [0, 0.05) is 11.8 Å². The zero-order valence-corrected chi connectivity index (χ0v) is 6.76. The molecule has 0 radical (unpaired) electrons. The Kier molecular flexibility index (Phi) is 2.50. The first-order chi connectivity index (χ1) is 5.65. The van der Waals surface area contributed by atoms with Crippen molar-refractivity contribution in [3.8, 4) is 0 Å². The summed E-state index contributed by atoms with van der Waals surface area (Å²) in [5.74, 6) is -1.08. The molecule has 0 bridgehead atoms. The van der Waals surface area contributed by atoms with Crippen LogP contribution in [-0.2, 0) is 5.88 Å². The van der Waals surface area contributed by atoms with Gasteiger partial charge in [-0.1, -0.05) is 0 Å². The molecule has 0 spiro atoms. The number of carbonyl (C=O) groups is 1. The third-order valence-corrected chi connectivity index (χ3v) is 1.66. The SMILES string of the molecule is O=C(O)c1c[nH]c(=O)c(CCl)c1. The molecule has 1 aromatic rings. The first-order valence-corrected chi connectivity index (χ1v) is 3.69. The van der Waals surface area contributed by atoms with Crippen LogP contribution in [0.15, 0.2) is 17.1 Å². The van der Waals surface area contributed by atoms with Crippen LogP contribution in [0.1, 0.15) is 15.9 Å². The Morgan fingerprint density at radius 3 is 2.83 bits per heavy atom. The van der Waals surface area contributed by atoms with Crippen LogP contribution < -0.4 is 5.56 Å². The van der Waals surface area contributed by atoms with Gasteiger partial charge < -0.3 is 10.1 Å². The van der Waals surface area contributed by atoms with Crippen molar-refractivity contribution in [2.45, 2.75) is 5.88 Å². The molecule has 0 atom stereocenters. The van der Waals surface area contributed by atoms with Crippen LogP contribution in [0.5, 0.6) is 0 Å². The summed E-state index contributed by atoms with van der Waals surface area (Å²) in [6, 6.07) is 1.26. The fourth-order valence-corrected chi connectivity index (χ4v) is 0.952. The first-order valence-electron chi connectivity index (χ1n) is 3.16. The highest BCUT2D eigenvalue weighted by molar-refractivity contribution is 6.17. The molecule has 0 amide bonds. The summed E-state index contributed by atoms with van der Waals surface area (Å²) in [5, 5.41) is 8.53. The summed E-state index contributed by atoms with van der Waals surface area (Å²) in [6.45, 7) is 0. The lowest BCUT2D eigenvalue weighted by molar-refractivity contribution is 0.0696. The topological polar surface area (TPSA) is 70.2 Å². The Labute approximate surface area is 72.8 Å². The van der Waals surface area contributed by atoms with Gasteiger partial charge >= 0.3 is 5.97 Å². The maximum absolute atomic E-state index is 10.9. The second-order valence-corrected chi connectivity index (χ2v) is 2.45. The lowest BCUT2D eigenvalue weighted by Crippen LogP contribution is -2.13.